The highest BCUT2D eigenvalue weighted by molar-refractivity contribution is 7.22. The van der Waals surface area contributed by atoms with E-state index in [1.54, 1.807) is 62.8 Å². The van der Waals surface area contributed by atoms with Gasteiger partial charge in [-0.2, -0.15) is 0 Å². The summed E-state index contributed by atoms with van der Waals surface area (Å²) in [7, 11) is 6.09. The molecule has 0 saturated carbocycles. The molecule has 1 fully saturated rings. The van der Waals surface area contributed by atoms with Crippen molar-refractivity contribution < 1.29 is 33.6 Å². The predicted octanol–water partition coefficient (Wildman–Crippen LogP) is 5.27. The summed E-state index contributed by atoms with van der Waals surface area (Å²) in [4.78, 5) is 33.2. The molecule has 9 nitrogen and oxygen atoms in total. The smallest absolute Gasteiger partial charge is 0.301 e. The van der Waals surface area contributed by atoms with E-state index in [-0.39, 0.29) is 11.3 Å². The van der Waals surface area contributed by atoms with Crippen LogP contribution in [-0.2, 0) is 9.59 Å². The third-order valence-electron chi connectivity index (χ3n) is 6.63. The van der Waals surface area contributed by atoms with Gasteiger partial charge < -0.3 is 24.1 Å². The van der Waals surface area contributed by atoms with Crippen molar-refractivity contribution in [1.29, 1.82) is 0 Å². The van der Waals surface area contributed by atoms with Crippen LogP contribution >= 0.6 is 11.3 Å². The maximum Gasteiger partial charge on any atom is 0.301 e. The number of anilines is 1. The number of fused-ring (bicyclic) bond motifs is 1. The Morgan fingerprint density at radius 2 is 1.69 bits per heavy atom. The maximum atomic E-state index is 13.6. The molecule has 39 heavy (non-hydrogen) atoms. The number of para-hydroxylation sites is 1. The minimum atomic E-state index is -1.04. The molecular weight excluding hydrogens is 520 g/mol. The number of aryl methyl sites for hydroxylation is 1. The Balaban J connectivity index is 1.77. The van der Waals surface area contributed by atoms with Crippen molar-refractivity contribution in [3.05, 3.63) is 76.9 Å². The summed E-state index contributed by atoms with van der Waals surface area (Å²) < 4.78 is 22.6. The van der Waals surface area contributed by atoms with Gasteiger partial charge in [0.2, 0.25) is 0 Å². The average molecular weight is 547 g/mol. The van der Waals surface area contributed by atoms with Crippen LogP contribution < -0.4 is 23.8 Å². The number of hydrogen-bond acceptors (Lipinski definition) is 9. The molecule has 0 radical (unpaired) electrons. The van der Waals surface area contributed by atoms with Gasteiger partial charge in [0.05, 0.1) is 44.2 Å². The number of rotatable bonds is 7. The number of carbonyl (C=O) groups is 2. The Bertz CT molecular complexity index is 1640. The van der Waals surface area contributed by atoms with Gasteiger partial charge >= 0.3 is 5.91 Å². The summed E-state index contributed by atoms with van der Waals surface area (Å²) >= 11 is 1.24. The SMILES string of the molecule is COc1ccc2nc(N3C(=O)C(=O)C(=C(O)c4ccc(OC)c(C)c4)[C@@H]3c3cccc(OC)c3OC)sc2c1. The van der Waals surface area contributed by atoms with Crippen LogP contribution in [0, 0.1) is 6.92 Å². The van der Waals surface area contributed by atoms with Gasteiger partial charge in [-0.3, -0.25) is 14.5 Å². The first-order valence-electron chi connectivity index (χ1n) is 11.9. The lowest BCUT2D eigenvalue weighted by molar-refractivity contribution is -0.132. The van der Waals surface area contributed by atoms with Crippen molar-refractivity contribution in [3.8, 4) is 23.0 Å². The fourth-order valence-corrected chi connectivity index (χ4v) is 5.78. The van der Waals surface area contributed by atoms with E-state index in [0.29, 0.717) is 44.8 Å². The van der Waals surface area contributed by atoms with Crippen LogP contribution in [0.3, 0.4) is 0 Å². The number of benzene rings is 3. The quantitative estimate of drug-likeness (QED) is 0.190. The zero-order chi connectivity index (χ0) is 27.8. The molecule has 0 bridgehead atoms. The second-order valence-electron chi connectivity index (χ2n) is 8.77. The Morgan fingerprint density at radius 1 is 0.923 bits per heavy atom. The van der Waals surface area contributed by atoms with Crippen LogP contribution in [-0.4, -0.2) is 50.2 Å². The fraction of sp³-hybridized carbons (Fsp3) is 0.207. The highest BCUT2D eigenvalue weighted by Crippen LogP contribution is 2.48. The van der Waals surface area contributed by atoms with Gasteiger partial charge in [0.15, 0.2) is 16.6 Å². The third-order valence-corrected chi connectivity index (χ3v) is 7.65. The van der Waals surface area contributed by atoms with Gasteiger partial charge in [-0.25, -0.2) is 4.98 Å². The molecule has 1 aliphatic heterocycles. The average Bonchev–Trinajstić information content (AvgIpc) is 3.49. The van der Waals surface area contributed by atoms with E-state index >= 15 is 0 Å². The Hall–Kier alpha value is -4.57. The molecule has 0 aliphatic carbocycles. The number of amides is 1. The van der Waals surface area contributed by atoms with Crippen molar-refractivity contribution in [1.82, 2.24) is 4.98 Å². The van der Waals surface area contributed by atoms with Crippen molar-refractivity contribution in [2.24, 2.45) is 0 Å². The second kappa shape index (κ2) is 10.3. The first kappa shape index (κ1) is 26.1. The zero-order valence-corrected chi connectivity index (χ0v) is 22.8. The number of carbonyl (C=O) groups excluding carboxylic acids is 2. The van der Waals surface area contributed by atoms with E-state index in [1.807, 2.05) is 13.0 Å². The molecule has 10 heteroatoms. The Labute approximate surface area is 228 Å². The van der Waals surface area contributed by atoms with Crippen molar-refractivity contribution in [2.75, 3.05) is 33.3 Å². The van der Waals surface area contributed by atoms with E-state index in [1.165, 1.54) is 30.5 Å². The number of aliphatic hydroxyl groups is 1. The highest BCUT2D eigenvalue weighted by Gasteiger charge is 2.49. The summed E-state index contributed by atoms with van der Waals surface area (Å²) in [5, 5.41) is 11.8. The van der Waals surface area contributed by atoms with Gasteiger partial charge in [0, 0.05) is 11.1 Å². The Morgan fingerprint density at radius 3 is 2.36 bits per heavy atom. The number of Topliss-reactive ketones (excluding diaryl/α,β-unsaturated/α-hetero) is 1. The standard InChI is InChI=1S/C29H26N2O7S/c1-15-13-16(9-12-20(15)36-3)25(32)23-24(18-7-6-8-21(37-4)27(18)38-5)31(28(34)26(23)33)29-30-19-11-10-17(35-2)14-22(19)39-29/h6-14,24,32H,1-5H3/t24-/m0/s1. The molecule has 5 rings (SSSR count). The monoisotopic (exact) mass is 546 g/mol. The molecule has 0 spiro atoms. The van der Waals surface area contributed by atoms with Crippen LogP contribution in [0.15, 0.2) is 60.2 Å². The summed E-state index contributed by atoms with van der Waals surface area (Å²) in [5.74, 6) is 0.0320. The van der Waals surface area contributed by atoms with Gasteiger partial charge in [0.25, 0.3) is 5.78 Å². The van der Waals surface area contributed by atoms with Crippen LogP contribution in [0.25, 0.3) is 16.0 Å². The summed E-state index contributed by atoms with van der Waals surface area (Å²) in [6, 6.07) is 14.5. The molecule has 1 aromatic heterocycles. The largest absolute Gasteiger partial charge is 0.507 e. The van der Waals surface area contributed by atoms with Crippen LogP contribution in [0.2, 0.25) is 0 Å². The molecule has 0 unspecified atom stereocenters. The van der Waals surface area contributed by atoms with Gasteiger partial charge in [-0.05, 0) is 55.0 Å². The molecular formula is C29H26N2O7S. The van der Waals surface area contributed by atoms with Crippen molar-refractivity contribution >= 4 is 44.1 Å². The molecule has 1 aliphatic rings. The zero-order valence-electron chi connectivity index (χ0n) is 22.0. The molecule has 2 heterocycles. The lowest BCUT2D eigenvalue weighted by atomic mass is 9.94. The molecule has 1 saturated heterocycles. The van der Waals surface area contributed by atoms with E-state index in [0.717, 1.165) is 10.3 Å². The van der Waals surface area contributed by atoms with Crippen LogP contribution in [0.4, 0.5) is 5.13 Å². The number of aromatic nitrogens is 1. The summed E-state index contributed by atoms with van der Waals surface area (Å²) in [6.45, 7) is 1.83. The van der Waals surface area contributed by atoms with Crippen molar-refractivity contribution in [2.45, 2.75) is 13.0 Å². The first-order valence-corrected chi connectivity index (χ1v) is 12.8. The van der Waals surface area contributed by atoms with Gasteiger partial charge in [0.1, 0.15) is 23.3 Å². The Kier molecular flexibility index (Phi) is 6.88. The number of nitrogens with zero attached hydrogens (tertiary/aromatic N) is 2. The fourth-order valence-electron chi connectivity index (χ4n) is 4.76. The number of aliphatic hydroxyl groups excluding tert-OH is 1. The number of thiazole rings is 1. The minimum absolute atomic E-state index is 0.0899. The van der Waals surface area contributed by atoms with Gasteiger partial charge in [-0.15, -0.1) is 0 Å². The van der Waals surface area contributed by atoms with E-state index in [2.05, 4.69) is 4.98 Å². The van der Waals surface area contributed by atoms with Gasteiger partial charge in [-0.1, -0.05) is 23.5 Å². The van der Waals surface area contributed by atoms with E-state index in [4.69, 9.17) is 18.9 Å². The topological polar surface area (TPSA) is 107 Å². The molecule has 3 aromatic carbocycles. The van der Waals surface area contributed by atoms with Crippen LogP contribution in [0.1, 0.15) is 22.7 Å². The lowest BCUT2D eigenvalue weighted by Crippen LogP contribution is -2.29. The van der Waals surface area contributed by atoms with Crippen LogP contribution in [0.5, 0.6) is 23.0 Å². The molecule has 1 atom stereocenters. The van der Waals surface area contributed by atoms with E-state index in [9.17, 15) is 14.7 Å². The number of ether oxygens (including phenoxy) is 4. The van der Waals surface area contributed by atoms with E-state index < -0.39 is 17.7 Å². The highest BCUT2D eigenvalue weighted by atomic mass is 32.1. The summed E-state index contributed by atoms with van der Waals surface area (Å²) in [5.41, 5.74) is 2.13. The third kappa shape index (κ3) is 4.32. The lowest BCUT2D eigenvalue weighted by Gasteiger charge is -2.25. The first-order chi connectivity index (χ1) is 18.8. The normalized spacial score (nSPS) is 16.5. The second-order valence-corrected chi connectivity index (χ2v) is 9.78. The maximum absolute atomic E-state index is 13.6. The minimum Gasteiger partial charge on any atom is -0.507 e. The number of hydrogen-bond donors (Lipinski definition) is 1. The predicted molar refractivity (Wildman–Crippen MR) is 148 cm³/mol. The molecule has 4 aromatic rings. The molecule has 1 N–H and O–H groups in total. The summed E-state index contributed by atoms with van der Waals surface area (Å²) in [6.07, 6.45) is 0. The molecule has 1 amide bonds. The van der Waals surface area contributed by atoms with Crippen molar-refractivity contribution in [3.63, 3.8) is 0 Å². The molecule has 200 valence electrons. The number of ketones is 1. The number of methoxy groups -OCH3 is 4.